The van der Waals surface area contributed by atoms with Crippen LogP contribution in [0.25, 0.3) is 16.5 Å². The van der Waals surface area contributed by atoms with E-state index < -0.39 is 0 Å². The second kappa shape index (κ2) is 6.97. The van der Waals surface area contributed by atoms with Gasteiger partial charge < -0.3 is 4.90 Å². The first-order valence-electron chi connectivity index (χ1n) is 9.60. The molecule has 0 saturated carbocycles. The normalized spacial score (nSPS) is 16.0. The molecule has 0 saturated heterocycles. The summed E-state index contributed by atoms with van der Waals surface area (Å²) in [6.45, 7) is 2.70. The van der Waals surface area contributed by atoms with E-state index in [0.29, 0.717) is 28.7 Å². The lowest BCUT2D eigenvalue weighted by atomic mass is 10.0. The van der Waals surface area contributed by atoms with E-state index in [4.69, 9.17) is 0 Å². The van der Waals surface area contributed by atoms with Gasteiger partial charge >= 0.3 is 0 Å². The molecule has 1 aliphatic rings. The average molecular weight is 401 g/mol. The Hall–Kier alpha value is -3.25. The quantitative estimate of drug-likeness (QED) is 0.506. The maximum absolute atomic E-state index is 13.6. The van der Waals surface area contributed by atoms with Gasteiger partial charge in [-0.3, -0.25) is 9.59 Å². The van der Waals surface area contributed by atoms with E-state index in [2.05, 4.69) is 23.5 Å². The molecule has 5 rings (SSSR count). The molecule has 1 amide bonds. The number of carbonyl (C=O) groups excluding carboxylic acids is 1. The van der Waals surface area contributed by atoms with Gasteiger partial charge in [0.2, 0.25) is 0 Å². The summed E-state index contributed by atoms with van der Waals surface area (Å²) in [5, 5.41) is 7.71. The fraction of sp³-hybridized carbons (Fsp3) is 0.174. The van der Waals surface area contributed by atoms with Gasteiger partial charge in [0.1, 0.15) is 0 Å². The topological polar surface area (TPSA) is 55.2 Å². The minimum Gasteiger partial charge on any atom is -0.330 e. The van der Waals surface area contributed by atoms with Crippen LogP contribution in [-0.4, -0.2) is 27.1 Å². The van der Waals surface area contributed by atoms with E-state index in [-0.39, 0.29) is 17.5 Å². The molecular formula is C23H19N3O2S. The maximum atomic E-state index is 13.6. The highest BCUT2D eigenvalue weighted by molar-refractivity contribution is 7.10. The molecule has 3 heterocycles. The molecule has 1 aliphatic heterocycles. The monoisotopic (exact) mass is 401 g/mol. The molecule has 1 atom stereocenters. The third kappa shape index (κ3) is 2.87. The van der Waals surface area contributed by atoms with Gasteiger partial charge in [0.05, 0.1) is 17.1 Å². The zero-order valence-electron chi connectivity index (χ0n) is 15.9. The smallest absolute Gasteiger partial charge is 0.279 e. The number of carbonyl (C=O) groups is 1. The average Bonchev–Trinajstić information content (AvgIpc) is 3.25. The molecule has 0 bridgehead atoms. The van der Waals surface area contributed by atoms with Crippen LogP contribution in [0.4, 0.5) is 0 Å². The Labute approximate surface area is 171 Å². The van der Waals surface area contributed by atoms with E-state index in [1.54, 1.807) is 23.5 Å². The molecule has 5 nitrogen and oxygen atoms in total. The zero-order chi connectivity index (χ0) is 20.0. The van der Waals surface area contributed by atoms with Gasteiger partial charge in [0.25, 0.3) is 11.5 Å². The van der Waals surface area contributed by atoms with Gasteiger partial charge in [0, 0.05) is 16.8 Å². The summed E-state index contributed by atoms with van der Waals surface area (Å²) >= 11 is 1.74. The Kier molecular flexibility index (Phi) is 4.28. The molecule has 0 radical (unpaired) electrons. The predicted octanol–water partition coefficient (Wildman–Crippen LogP) is 4.21. The third-order valence-corrected chi connectivity index (χ3v) is 6.54. The molecule has 0 aliphatic carbocycles. The molecule has 144 valence electrons. The van der Waals surface area contributed by atoms with Crippen LogP contribution >= 0.6 is 11.3 Å². The van der Waals surface area contributed by atoms with Crippen molar-refractivity contribution in [3.63, 3.8) is 0 Å². The first-order valence-corrected chi connectivity index (χ1v) is 10.5. The Morgan fingerprint density at radius 3 is 2.55 bits per heavy atom. The number of para-hydroxylation sites is 1. The number of thiophene rings is 1. The summed E-state index contributed by atoms with van der Waals surface area (Å²) in [4.78, 5) is 29.9. The van der Waals surface area contributed by atoms with E-state index in [9.17, 15) is 9.59 Å². The number of nitrogens with zero attached hydrogens (tertiary/aromatic N) is 3. The number of rotatable bonds is 2. The molecule has 0 spiro atoms. The number of hydrogen-bond acceptors (Lipinski definition) is 4. The predicted molar refractivity (Wildman–Crippen MR) is 115 cm³/mol. The number of amides is 1. The van der Waals surface area contributed by atoms with Crippen LogP contribution in [-0.2, 0) is 6.42 Å². The molecule has 0 N–H and O–H groups in total. The SMILES string of the molecule is C[C@H]1c2ccsc2CCN1C(=O)c1nn(-c2ccccc2)c(=O)c2ccccc12. The molecule has 0 unspecified atom stereocenters. The number of benzene rings is 2. The highest BCUT2D eigenvalue weighted by Gasteiger charge is 2.31. The lowest BCUT2D eigenvalue weighted by molar-refractivity contribution is 0.0673. The minimum atomic E-state index is -0.227. The van der Waals surface area contributed by atoms with Gasteiger partial charge in [0.15, 0.2) is 5.69 Å². The van der Waals surface area contributed by atoms with E-state index >= 15 is 0 Å². The van der Waals surface area contributed by atoms with Crippen molar-refractivity contribution in [1.29, 1.82) is 0 Å². The summed E-state index contributed by atoms with van der Waals surface area (Å²) in [7, 11) is 0. The molecular weight excluding hydrogens is 382 g/mol. The minimum absolute atomic E-state index is 0.0184. The summed E-state index contributed by atoms with van der Waals surface area (Å²) in [5.41, 5.74) is 1.93. The molecule has 29 heavy (non-hydrogen) atoms. The molecule has 4 aromatic rings. The fourth-order valence-electron chi connectivity index (χ4n) is 4.01. The van der Waals surface area contributed by atoms with Crippen molar-refractivity contribution >= 4 is 28.0 Å². The van der Waals surface area contributed by atoms with Gasteiger partial charge in [-0.1, -0.05) is 36.4 Å². The van der Waals surface area contributed by atoms with Crippen molar-refractivity contribution in [1.82, 2.24) is 14.7 Å². The van der Waals surface area contributed by atoms with Crippen molar-refractivity contribution < 1.29 is 4.79 Å². The molecule has 0 fully saturated rings. The number of hydrogen-bond donors (Lipinski definition) is 0. The Balaban J connectivity index is 1.68. The van der Waals surface area contributed by atoms with Gasteiger partial charge in [-0.15, -0.1) is 11.3 Å². The summed E-state index contributed by atoms with van der Waals surface area (Å²) in [6.07, 6.45) is 0.847. The second-order valence-corrected chi connectivity index (χ2v) is 8.17. The fourth-order valence-corrected chi connectivity index (χ4v) is 4.98. The third-order valence-electron chi connectivity index (χ3n) is 5.55. The first kappa shape index (κ1) is 17.8. The van der Waals surface area contributed by atoms with Crippen molar-refractivity contribution in [2.75, 3.05) is 6.54 Å². The van der Waals surface area contributed by atoms with Crippen LogP contribution in [0.1, 0.15) is 33.9 Å². The summed E-state index contributed by atoms with van der Waals surface area (Å²) < 4.78 is 1.33. The second-order valence-electron chi connectivity index (χ2n) is 7.17. The molecule has 6 heteroatoms. The summed E-state index contributed by atoms with van der Waals surface area (Å²) in [6, 6.07) is 18.5. The van der Waals surface area contributed by atoms with Crippen molar-refractivity contribution in [2.24, 2.45) is 0 Å². The van der Waals surface area contributed by atoms with E-state index in [1.165, 1.54) is 15.1 Å². The van der Waals surface area contributed by atoms with Crippen molar-refractivity contribution in [2.45, 2.75) is 19.4 Å². The Bertz CT molecular complexity index is 1280. The summed E-state index contributed by atoms with van der Waals surface area (Å²) in [5.74, 6) is -0.143. The molecule has 2 aromatic carbocycles. The first-order chi connectivity index (χ1) is 14.1. The van der Waals surface area contributed by atoms with Gasteiger partial charge in [-0.2, -0.15) is 9.78 Å². The molecule has 2 aromatic heterocycles. The van der Waals surface area contributed by atoms with Crippen LogP contribution in [0.3, 0.4) is 0 Å². The lowest BCUT2D eigenvalue weighted by Crippen LogP contribution is -2.39. The highest BCUT2D eigenvalue weighted by atomic mass is 32.1. The number of aromatic nitrogens is 2. The van der Waals surface area contributed by atoms with Crippen LogP contribution in [0.15, 0.2) is 70.8 Å². The standard InChI is InChI=1S/C23H19N3O2S/c1-15-17-12-14-29-20(17)11-13-25(15)23(28)21-18-9-5-6-10-19(18)22(27)26(24-21)16-7-3-2-4-8-16/h2-10,12,14-15H,11,13H2,1H3/t15-/m0/s1. The lowest BCUT2D eigenvalue weighted by Gasteiger charge is -2.33. The van der Waals surface area contributed by atoms with Crippen LogP contribution in [0.2, 0.25) is 0 Å². The van der Waals surface area contributed by atoms with Gasteiger partial charge in [-0.05, 0) is 48.6 Å². The van der Waals surface area contributed by atoms with Gasteiger partial charge in [-0.25, -0.2) is 0 Å². The van der Waals surface area contributed by atoms with E-state index in [0.717, 1.165) is 6.42 Å². The van der Waals surface area contributed by atoms with Crippen molar-refractivity contribution in [3.05, 3.63) is 92.5 Å². The van der Waals surface area contributed by atoms with Crippen LogP contribution in [0, 0.1) is 0 Å². The van der Waals surface area contributed by atoms with Crippen molar-refractivity contribution in [3.8, 4) is 5.69 Å². The zero-order valence-corrected chi connectivity index (χ0v) is 16.7. The number of fused-ring (bicyclic) bond motifs is 2. The van der Waals surface area contributed by atoms with Crippen LogP contribution < -0.4 is 5.56 Å². The largest absolute Gasteiger partial charge is 0.330 e. The van der Waals surface area contributed by atoms with Crippen LogP contribution in [0.5, 0.6) is 0 Å². The maximum Gasteiger partial charge on any atom is 0.279 e. The Morgan fingerprint density at radius 2 is 1.76 bits per heavy atom. The highest BCUT2D eigenvalue weighted by Crippen LogP contribution is 2.34. The Morgan fingerprint density at radius 1 is 1.03 bits per heavy atom. The van der Waals surface area contributed by atoms with E-state index in [1.807, 2.05) is 47.4 Å².